The van der Waals surface area contributed by atoms with Gasteiger partial charge in [0.1, 0.15) is 0 Å². The van der Waals surface area contributed by atoms with E-state index in [-0.39, 0.29) is 12.5 Å². The lowest BCUT2D eigenvalue weighted by Gasteiger charge is -2.28. The van der Waals surface area contributed by atoms with Crippen LogP contribution in [0.1, 0.15) is 43.4 Å². The fraction of sp³-hybridized carbons (Fsp3) is 0.588. The van der Waals surface area contributed by atoms with Crippen molar-refractivity contribution in [3.05, 3.63) is 34.9 Å². The van der Waals surface area contributed by atoms with Crippen LogP contribution in [0, 0.1) is 0 Å². The number of fused-ring (bicyclic) bond motifs is 1. The lowest BCUT2D eigenvalue weighted by atomic mass is 9.98. The summed E-state index contributed by atoms with van der Waals surface area (Å²) in [7, 11) is 0. The van der Waals surface area contributed by atoms with Gasteiger partial charge >= 0.3 is 5.97 Å². The smallest absolute Gasteiger partial charge is 0.304 e. The van der Waals surface area contributed by atoms with Gasteiger partial charge in [-0.1, -0.05) is 32.0 Å². The third-order valence-electron chi connectivity index (χ3n) is 4.37. The van der Waals surface area contributed by atoms with Crippen LogP contribution in [0.3, 0.4) is 0 Å². The summed E-state index contributed by atoms with van der Waals surface area (Å²) in [4.78, 5) is 13.3. The Morgan fingerprint density at radius 3 is 2.60 bits per heavy atom. The summed E-state index contributed by atoms with van der Waals surface area (Å²) in [6.45, 7) is 6.00. The highest BCUT2D eigenvalue weighted by atomic mass is 16.4. The maximum Gasteiger partial charge on any atom is 0.304 e. The average Bonchev–Trinajstić information content (AvgIpc) is 2.86. The first-order chi connectivity index (χ1) is 9.63. The van der Waals surface area contributed by atoms with E-state index in [1.165, 1.54) is 36.0 Å². The number of hydrogen-bond acceptors (Lipinski definition) is 2. The second-order valence-electron chi connectivity index (χ2n) is 5.63. The Morgan fingerprint density at radius 2 is 1.95 bits per heavy atom. The SMILES string of the molecule is CCN(CC)C(CC(=O)O)Cc1ccc2c(c1)CCC2. The summed E-state index contributed by atoms with van der Waals surface area (Å²) in [6, 6.07) is 6.81. The Labute approximate surface area is 121 Å². The molecule has 3 nitrogen and oxygen atoms in total. The number of hydrogen-bond donors (Lipinski definition) is 1. The van der Waals surface area contributed by atoms with E-state index in [1.54, 1.807) is 0 Å². The van der Waals surface area contributed by atoms with Gasteiger partial charge in [0, 0.05) is 6.04 Å². The van der Waals surface area contributed by atoms with Crippen molar-refractivity contribution < 1.29 is 9.90 Å². The molecule has 1 aromatic carbocycles. The van der Waals surface area contributed by atoms with E-state index >= 15 is 0 Å². The summed E-state index contributed by atoms with van der Waals surface area (Å²) >= 11 is 0. The van der Waals surface area contributed by atoms with E-state index in [2.05, 4.69) is 36.9 Å². The van der Waals surface area contributed by atoms with Crippen molar-refractivity contribution in [2.24, 2.45) is 0 Å². The van der Waals surface area contributed by atoms with Crippen LogP contribution < -0.4 is 0 Å². The van der Waals surface area contributed by atoms with E-state index < -0.39 is 5.97 Å². The molecule has 3 heteroatoms. The van der Waals surface area contributed by atoms with Crippen molar-refractivity contribution in [2.75, 3.05) is 13.1 Å². The molecule has 0 bridgehead atoms. The van der Waals surface area contributed by atoms with Crippen LogP contribution in [0.5, 0.6) is 0 Å². The first-order valence-electron chi connectivity index (χ1n) is 7.70. The number of carboxylic acids is 1. The number of nitrogens with zero attached hydrogens (tertiary/aromatic N) is 1. The fourth-order valence-corrected chi connectivity index (χ4v) is 3.30. The van der Waals surface area contributed by atoms with E-state index in [0.717, 1.165) is 19.5 Å². The van der Waals surface area contributed by atoms with Crippen LogP contribution in [0.15, 0.2) is 18.2 Å². The van der Waals surface area contributed by atoms with Gasteiger partial charge in [-0.05, 0) is 55.5 Å². The summed E-state index contributed by atoms with van der Waals surface area (Å²) in [5.74, 6) is -0.705. The fourth-order valence-electron chi connectivity index (χ4n) is 3.30. The van der Waals surface area contributed by atoms with E-state index in [9.17, 15) is 4.79 Å². The predicted octanol–water partition coefficient (Wildman–Crippen LogP) is 2.90. The number of benzene rings is 1. The van der Waals surface area contributed by atoms with Crippen molar-refractivity contribution in [1.29, 1.82) is 0 Å². The van der Waals surface area contributed by atoms with Gasteiger partial charge in [0.2, 0.25) is 0 Å². The van der Waals surface area contributed by atoms with Crippen molar-refractivity contribution in [3.63, 3.8) is 0 Å². The Hall–Kier alpha value is -1.35. The van der Waals surface area contributed by atoms with Crippen LogP contribution in [-0.4, -0.2) is 35.1 Å². The number of rotatable bonds is 7. The van der Waals surface area contributed by atoms with Gasteiger partial charge in [0.25, 0.3) is 0 Å². The first-order valence-corrected chi connectivity index (χ1v) is 7.70. The molecule has 0 heterocycles. The highest BCUT2D eigenvalue weighted by Gasteiger charge is 2.20. The summed E-state index contributed by atoms with van der Waals surface area (Å²) in [5.41, 5.74) is 4.23. The largest absolute Gasteiger partial charge is 0.481 e. The lowest BCUT2D eigenvalue weighted by molar-refractivity contribution is -0.138. The standard InChI is InChI=1S/C17H25NO2/c1-3-18(4-2)16(12-17(19)20)11-13-8-9-14-6-5-7-15(14)10-13/h8-10,16H,3-7,11-12H2,1-2H3,(H,19,20). The van der Waals surface area contributed by atoms with Gasteiger partial charge in [-0.2, -0.15) is 0 Å². The van der Waals surface area contributed by atoms with Gasteiger partial charge in [-0.25, -0.2) is 0 Å². The lowest BCUT2D eigenvalue weighted by Crippen LogP contribution is -2.38. The van der Waals surface area contributed by atoms with Crippen molar-refractivity contribution in [3.8, 4) is 0 Å². The number of likely N-dealkylation sites (N-methyl/N-ethyl adjacent to an activating group) is 1. The molecule has 0 aliphatic heterocycles. The van der Waals surface area contributed by atoms with Gasteiger partial charge in [-0.15, -0.1) is 0 Å². The minimum Gasteiger partial charge on any atom is -0.481 e. The molecule has 1 atom stereocenters. The quantitative estimate of drug-likeness (QED) is 0.832. The summed E-state index contributed by atoms with van der Waals surface area (Å²) in [6.07, 6.45) is 4.69. The highest BCUT2D eigenvalue weighted by Crippen LogP contribution is 2.24. The number of aryl methyl sites for hydroxylation is 2. The molecule has 0 amide bonds. The molecule has 0 spiro atoms. The minimum absolute atomic E-state index is 0.0990. The maximum absolute atomic E-state index is 11.1. The molecule has 2 rings (SSSR count). The molecule has 0 fully saturated rings. The van der Waals surface area contributed by atoms with Crippen LogP contribution >= 0.6 is 0 Å². The molecule has 1 N–H and O–H groups in total. The Bertz CT molecular complexity index is 466. The molecule has 1 aliphatic rings. The van der Waals surface area contributed by atoms with Crippen LogP contribution in [0.25, 0.3) is 0 Å². The Morgan fingerprint density at radius 1 is 1.25 bits per heavy atom. The monoisotopic (exact) mass is 275 g/mol. The maximum atomic E-state index is 11.1. The predicted molar refractivity (Wildman–Crippen MR) is 81.1 cm³/mol. The molecule has 0 saturated heterocycles. The number of carboxylic acid groups (broad SMARTS) is 1. The van der Waals surface area contributed by atoms with Gasteiger partial charge in [0.15, 0.2) is 0 Å². The second kappa shape index (κ2) is 6.89. The van der Waals surface area contributed by atoms with Crippen LogP contribution in [0.2, 0.25) is 0 Å². The molecule has 20 heavy (non-hydrogen) atoms. The molecule has 1 unspecified atom stereocenters. The molecule has 0 radical (unpaired) electrons. The topological polar surface area (TPSA) is 40.5 Å². The zero-order chi connectivity index (χ0) is 14.5. The third-order valence-corrected chi connectivity index (χ3v) is 4.37. The molecule has 110 valence electrons. The van der Waals surface area contributed by atoms with Crippen molar-refractivity contribution in [1.82, 2.24) is 4.90 Å². The Kier molecular flexibility index (Phi) is 5.18. The molecule has 0 saturated carbocycles. The minimum atomic E-state index is -0.705. The molecule has 1 aromatic rings. The normalized spacial score (nSPS) is 15.3. The zero-order valence-electron chi connectivity index (χ0n) is 12.6. The van der Waals surface area contributed by atoms with E-state index in [4.69, 9.17) is 5.11 Å². The van der Waals surface area contributed by atoms with Crippen molar-refractivity contribution in [2.45, 2.75) is 52.0 Å². The summed E-state index contributed by atoms with van der Waals surface area (Å²) < 4.78 is 0. The summed E-state index contributed by atoms with van der Waals surface area (Å²) in [5, 5.41) is 9.13. The molecule has 1 aliphatic carbocycles. The van der Waals surface area contributed by atoms with Gasteiger partial charge < -0.3 is 10.0 Å². The molecular weight excluding hydrogens is 250 g/mol. The average molecular weight is 275 g/mol. The van der Waals surface area contributed by atoms with E-state index in [1.807, 2.05) is 0 Å². The second-order valence-corrected chi connectivity index (χ2v) is 5.63. The number of aliphatic carboxylic acids is 1. The van der Waals surface area contributed by atoms with Gasteiger partial charge in [0.05, 0.1) is 6.42 Å². The van der Waals surface area contributed by atoms with E-state index in [0.29, 0.717) is 0 Å². The van der Waals surface area contributed by atoms with Crippen LogP contribution in [0.4, 0.5) is 0 Å². The van der Waals surface area contributed by atoms with Crippen LogP contribution in [-0.2, 0) is 24.1 Å². The zero-order valence-corrected chi connectivity index (χ0v) is 12.6. The third kappa shape index (κ3) is 3.60. The molecular formula is C17H25NO2. The first kappa shape index (κ1) is 15.0. The molecule has 0 aromatic heterocycles. The number of carbonyl (C=O) groups is 1. The highest BCUT2D eigenvalue weighted by molar-refractivity contribution is 5.67. The Balaban J connectivity index is 2.12. The van der Waals surface area contributed by atoms with Crippen molar-refractivity contribution >= 4 is 5.97 Å². The van der Waals surface area contributed by atoms with Gasteiger partial charge in [-0.3, -0.25) is 4.79 Å².